The normalized spacial score (nSPS) is 14.2. The van der Waals surface area contributed by atoms with Gasteiger partial charge in [-0.25, -0.2) is 4.57 Å². The number of phosphoric ester groups is 1. The number of aliphatic hydroxyl groups is 2. The molecule has 51 heavy (non-hydrogen) atoms. The minimum Gasteiger partial charge on any atom is -0.462 e. The summed E-state index contributed by atoms with van der Waals surface area (Å²) < 4.78 is 32.6. The van der Waals surface area contributed by atoms with Gasteiger partial charge in [-0.15, -0.1) is 0 Å². The summed E-state index contributed by atoms with van der Waals surface area (Å²) in [6.45, 7) is 2.33. The predicted octanol–water partition coefficient (Wildman–Crippen LogP) is 10.2. The largest absolute Gasteiger partial charge is 0.472 e. The molecule has 0 amide bonds. The van der Waals surface area contributed by atoms with Crippen LogP contribution in [0.25, 0.3) is 0 Å². The molecule has 3 atom stereocenters. The maximum Gasteiger partial charge on any atom is 0.472 e. The van der Waals surface area contributed by atoms with Crippen LogP contribution in [0.5, 0.6) is 0 Å². The van der Waals surface area contributed by atoms with E-state index in [1.165, 1.54) is 64.2 Å². The lowest BCUT2D eigenvalue weighted by molar-refractivity contribution is -0.161. The van der Waals surface area contributed by atoms with Crippen LogP contribution >= 0.6 is 7.82 Å². The maximum atomic E-state index is 12.6. The molecule has 0 saturated carbocycles. The predicted molar refractivity (Wildman–Crippen MR) is 205 cm³/mol. The number of ether oxygens (including phenoxy) is 2. The van der Waals surface area contributed by atoms with E-state index in [4.69, 9.17) is 19.1 Å². The van der Waals surface area contributed by atoms with Crippen molar-refractivity contribution in [3.05, 3.63) is 24.3 Å². The first-order valence-corrected chi connectivity index (χ1v) is 21.8. The molecule has 0 fully saturated rings. The Morgan fingerprint density at radius 1 is 0.569 bits per heavy atom. The van der Waals surface area contributed by atoms with Crippen LogP contribution in [0, 0.1) is 0 Å². The van der Waals surface area contributed by atoms with Crippen molar-refractivity contribution >= 4 is 19.8 Å². The van der Waals surface area contributed by atoms with Crippen molar-refractivity contribution in [3.63, 3.8) is 0 Å². The molecular weight excluding hydrogens is 671 g/mol. The fraction of sp³-hybridized carbons (Fsp3) is 0.850. The average molecular weight is 747 g/mol. The van der Waals surface area contributed by atoms with Crippen molar-refractivity contribution in [1.82, 2.24) is 0 Å². The lowest BCUT2D eigenvalue weighted by Crippen LogP contribution is -2.29. The van der Waals surface area contributed by atoms with E-state index in [-0.39, 0.29) is 19.4 Å². The van der Waals surface area contributed by atoms with E-state index in [9.17, 15) is 24.2 Å². The molecule has 0 heterocycles. The van der Waals surface area contributed by atoms with Crippen LogP contribution in [0.3, 0.4) is 0 Å². The summed E-state index contributed by atoms with van der Waals surface area (Å²) in [7, 11) is -4.61. The van der Waals surface area contributed by atoms with Crippen LogP contribution in [-0.2, 0) is 32.7 Å². The number of carbonyl (C=O) groups is 2. The van der Waals surface area contributed by atoms with E-state index in [0.29, 0.717) is 12.8 Å². The van der Waals surface area contributed by atoms with Crippen LogP contribution in [0.4, 0.5) is 0 Å². The molecule has 0 aromatic heterocycles. The van der Waals surface area contributed by atoms with Crippen molar-refractivity contribution in [2.24, 2.45) is 0 Å². The Morgan fingerprint density at radius 2 is 0.961 bits per heavy atom. The smallest absolute Gasteiger partial charge is 0.462 e. The molecule has 0 aliphatic heterocycles. The van der Waals surface area contributed by atoms with Crippen molar-refractivity contribution in [1.29, 1.82) is 0 Å². The van der Waals surface area contributed by atoms with Gasteiger partial charge in [0.25, 0.3) is 0 Å². The monoisotopic (exact) mass is 747 g/mol. The lowest BCUT2D eigenvalue weighted by atomic mass is 10.1. The summed E-state index contributed by atoms with van der Waals surface area (Å²) in [5.41, 5.74) is 0. The second-order valence-electron chi connectivity index (χ2n) is 13.7. The zero-order valence-corrected chi connectivity index (χ0v) is 33.2. The number of aliphatic hydroxyl groups excluding tert-OH is 2. The van der Waals surface area contributed by atoms with E-state index in [1.807, 2.05) is 0 Å². The summed E-state index contributed by atoms with van der Waals surface area (Å²) in [6.07, 6.45) is 34.3. The Bertz CT molecular complexity index is 910. The van der Waals surface area contributed by atoms with Gasteiger partial charge in [0.05, 0.1) is 19.8 Å². The number of allylic oxidation sites excluding steroid dienone is 4. The molecule has 300 valence electrons. The van der Waals surface area contributed by atoms with Crippen LogP contribution in [-0.4, -0.2) is 65.7 Å². The van der Waals surface area contributed by atoms with Crippen LogP contribution in [0.1, 0.15) is 181 Å². The highest BCUT2D eigenvalue weighted by Crippen LogP contribution is 2.43. The van der Waals surface area contributed by atoms with E-state index < -0.39 is 51.8 Å². The second kappa shape index (κ2) is 36.8. The number of rotatable bonds is 38. The number of phosphoric acid groups is 1. The Balaban J connectivity index is 4.35. The van der Waals surface area contributed by atoms with Gasteiger partial charge < -0.3 is 24.6 Å². The second-order valence-corrected chi connectivity index (χ2v) is 15.1. The molecule has 0 saturated heterocycles. The van der Waals surface area contributed by atoms with Gasteiger partial charge >= 0.3 is 19.8 Å². The van der Waals surface area contributed by atoms with Gasteiger partial charge in [0.1, 0.15) is 12.7 Å². The standard InChI is InChI=1S/C40H75O10P/c1-3-5-7-9-11-13-15-17-18-19-20-22-24-26-28-30-32-40(44)50-38(36-49-51(45,46)48-34-37(42)33-41)35-47-39(43)31-29-27-25-23-21-16-14-12-10-8-6-4-2/h12,14,18-19,37-38,41-42H,3-11,13,15-17,20-36H2,1-2H3,(H,45,46)/b14-12-,19-18-. The highest BCUT2D eigenvalue weighted by molar-refractivity contribution is 7.47. The van der Waals surface area contributed by atoms with Gasteiger partial charge in [0, 0.05) is 12.8 Å². The molecule has 11 heteroatoms. The zero-order chi connectivity index (χ0) is 37.7. The minimum atomic E-state index is -4.61. The molecule has 0 spiro atoms. The molecule has 0 aliphatic carbocycles. The van der Waals surface area contributed by atoms with Crippen molar-refractivity contribution in [2.75, 3.05) is 26.4 Å². The number of carbonyl (C=O) groups excluding carboxylic acids is 2. The summed E-state index contributed by atoms with van der Waals surface area (Å²) >= 11 is 0. The van der Waals surface area contributed by atoms with Gasteiger partial charge in [0.15, 0.2) is 6.10 Å². The quantitative estimate of drug-likeness (QED) is 0.0241. The molecule has 10 nitrogen and oxygen atoms in total. The van der Waals surface area contributed by atoms with Gasteiger partial charge in [-0.3, -0.25) is 18.6 Å². The van der Waals surface area contributed by atoms with Crippen LogP contribution in [0.2, 0.25) is 0 Å². The van der Waals surface area contributed by atoms with E-state index in [1.54, 1.807) is 0 Å². The minimum absolute atomic E-state index is 0.174. The first kappa shape index (κ1) is 49.5. The van der Waals surface area contributed by atoms with Gasteiger partial charge in [-0.2, -0.15) is 0 Å². The van der Waals surface area contributed by atoms with Gasteiger partial charge in [0.2, 0.25) is 0 Å². The SMILES string of the molecule is CCCCC/C=C\CCCCCCCC(=O)OCC(COP(=O)(O)OCC(O)CO)OC(=O)CCCCCCC/C=C\CCCCCCCCC. The third-order valence-electron chi connectivity index (χ3n) is 8.58. The fourth-order valence-electron chi connectivity index (χ4n) is 5.39. The first-order valence-electron chi connectivity index (χ1n) is 20.3. The summed E-state index contributed by atoms with van der Waals surface area (Å²) in [5, 5.41) is 18.3. The third-order valence-corrected chi connectivity index (χ3v) is 9.53. The van der Waals surface area contributed by atoms with Crippen LogP contribution in [0.15, 0.2) is 24.3 Å². The van der Waals surface area contributed by atoms with E-state index in [0.717, 1.165) is 77.0 Å². The van der Waals surface area contributed by atoms with E-state index >= 15 is 0 Å². The molecule has 3 N–H and O–H groups in total. The topological polar surface area (TPSA) is 149 Å². The third kappa shape index (κ3) is 36.6. The van der Waals surface area contributed by atoms with E-state index in [2.05, 4.69) is 42.7 Å². The first-order chi connectivity index (χ1) is 24.7. The molecule has 0 aromatic carbocycles. The average Bonchev–Trinajstić information content (AvgIpc) is 3.12. The number of hydrogen-bond acceptors (Lipinski definition) is 9. The molecule has 0 rings (SSSR count). The van der Waals surface area contributed by atoms with Crippen molar-refractivity contribution < 1.29 is 47.8 Å². The zero-order valence-electron chi connectivity index (χ0n) is 32.3. The van der Waals surface area contributed by atoms with Crippen molar-refractivity contribution in [3.8, 4) is 0 Å². The number of hydrogen-bond donors (Lipinski definition) is 3. The maximum absolute atomic E-state index is 12.6. The van der Waals surface area contributed by atoms with Crippen LogP contribution < -0.4 is 0 Å². The summed E-state index contributed by atoms with van der Waals surface area (Å²) in [5.74, 6) is -0.943. The number of unbranched alkanes of at least 4 members (excludes halogenated alkanes) is 20. The van der Waals surface area contributed by atoms with Gasteiger partial charge in [-0.05, 0) is 64.2 Å². The number of esters is 2. The fourth-order valence-corrected chi connectivity index (χ4v) is 6.18. The molecule has 0 bridgehead atoms. The Labute approximate surface area is 310 Å². The van der Waals surface area contributed by atoms with Crippen molar-refractivity contribution in [2.45, 2.75) is 193 Å². The molecule has 3 unspecified atom stereocenters. The Kier molecular flexibility index (Phi) is 35.7. The highest BCUT2D eigenvalue weighted by atomic mass is 31.2. The molecule has 0 aromatic rings. The molecule has 0 radical (unpaired) electrons. The summed E-state index contributed by atoms with van der Waals surface area (Å²) in [6, 6.07) is 0. The Hall–Kier alpha value is -1.55. The highest BCUT2D eigenvalue weighted by Gasteiger charge is 2.27. The summed E-state index contributed by atoms with van der Waals surface area (Å²) in [4.78, 5) is 34.9. The Morgan fingerprint density at radius 3 is 1.45 bits per heavy atom. The molecule has 0 aliphatic rings. The van der Waals surface area contributed by atoms with Gasteiger partial charge in [-0.1, -0.05) is 128 Å². The lowest BCUT2D eigenvalue weighted by Gasteiger charge is -2.20. The molecular formula is C40H75O10P.